The lowest BCUT2D eigenvalue weighted by atomic mass is 10.1. The van der Waals surface area contributed by atoms with Crippen LogP contribution in [0.1, 0.15) is 27.7 Å². The summed E-state index contributed by atoms with van der Waals surface area (Å²) in [6, 6.07) is 5.13. The van der Waals surface area contributed by atoms with Crippen LogP contribution in [0.15, 0.2) is 28.2 Å². The number of carbonyl (C=O) groups is 1. The van der Waals surface area contributed by atoms with E-state index in [1.165, 1.54) is 11.8 Å². The van der Waals surface area contributed by atoms with E-state index in [1.54, 1.807) is 41.8 Å². The molecule has 0 saturated carbocycles. The summed E-state index contributed by atoms with van der Waals surface area (Å²) < 4.78 is 1.67. The average Bonchev–Trinajstić information content (AvgIpc) is 2.55. The van der Waals surface area contributed by atoms with Gasteiger partial charge in [-0.2, -0.15) is 0 Å². The number of rotatable bonds is 6. The maximum absolute atomic E-state index is 13.0. The summed E-state index contributed by atoms with van der Waals surface area (Å²) in [4.78, 5) is 31.9. The number of aromatic nitrogens is 2. The lowest BCUT2D eigenvalue weighted by Crippen LogP contribution is -2.36. The molecule has 0 bridgehead atoms. The smallest absolute Gasteiger partial charge is 0.262 e. The molecule has 0 radical (unpaired) electrons. The molecule has 1 aromatic carbocycles. The molecule has 1 aromatic heterocycles. The molecule has 2 aromatic rings. The van der Waals surface area contributed by atoms with Crippen LogP contribution < -0.4 is 5.56 Å². The van der Waals surface area contributed by atoms with Crippen molar-refractivity contribution >= 4 is 40.2 Å². The molecule has 1 unspecified atom stereocenters. The zero-order valence-electron chi connectivity index (χ0n) is 16.1. The van der Waals surface area contributed by atoms with Gasteiger partial charge in [-0.15, -0.1) is 0 Å². The van der Waals surface area contributed by atoms with Crippen molar-refractivity contribution in [3.05, 3.63) is 33.6 Å². The number of hydrogen-bond acceptors (Lipinski definition) is 4. The second kappa shape index (κ2) is 8.44. The number of carbonyl (C=O) groups excluding carboxylic acids is 1. The Kier molecular flexibility index (Phi) is 6.74. The Balaban J connectivity index is 2.61. The van der Waals surface area contributed by atoms with Crippen LogP contribution in [-0.4, -0.2) is 39.7 Å². The minimum Gasteiger partial charge on any atom is -0.348 e. The third kappa shape index (κ3) is 4.60. The van der Waals surface area contributed by atoms with Gasteiger partial charge in [-0.3, -0.25) is 14.2 Å². The molecule has 0 aliphatic heterocycles. The molecule has 142 valence electrons. The predicted molar refractivity (Wildman–Crippen MR) is 109 cm³/mol. The Bertz CT molecular complexity index is 862. The molecule has 0 fully saturated rings. The lowest BCUT2D eigenvalue weighted by Gasteiger charge is -2.24. The van der Waals surface area contributed by atoms with Gasteiger partial charge in [0, 0.05) is 25.7 Å². The molecular weight excluding hydrogens is 370 g/mol. The minimum absolute atomic E-state index is 0.0200. The van der Waals surface area contributed by atoms with Crippen molar-refractivity contribution in [2.75, 3.05) is 14.1 Å². The molecule has 0 aliphatic carbocycles. The number of thioether (sulfide) groups is 1. The highest BCUT2D eigenvalue weighted by Gasteiger charge is 2.27. The molecule has 5 nitrogen and oxygen atoms in total. The van der Waals surface area contributed by atoms with Crippen molar-refractivity contribution in [2.45, 2.75) is 44.6 Å². The van der Waals surface area contributed by atoms with E-state index >= 15 is 0 Å². The van der Waals surface area contributed by atoms with Crippen LogP contribution in [0.5, 0.6) is 0 Å². The van der Waals surface area contributed by atoms with E-state index in [4.69, 9.17) is 16.6 Å². The van der Waals surface area contributed by atoms with Gasteiger partial charge < -0.3 is 4.90 Å². The Morgan fingerprint density at radius 3 is 2.46 bits per heavy atom. The molecule has 0 aliphatic rings. The van der Waals surface area contributed by atoms with Crippen molar-refractivity contribution < 1.29 is 4.79 Å². The van der Waals surface area contributed by atoms with E-state index in [-0.39, 0.29) is 28.6 Å². The first-order valence-corrected chi connectivity index (χ1v) is 9.95. The molecule has 26 heavy (non-hydrogen) atoms. The molecular formula is C19H26ClN3O2S. The van der Waals surface area contributed by atoms with Crippen molar-refractivity contribution in [2.24, 2.45) is 11.8 Å². The second-order valence-electron chi connectivity index (χ2n) is 7.38. The predicted octanol–water partition coefficient (Wildman–Crippen LogP) is 3.91. The van der Waals surface area contributed by atoms with Gasteiger partial charge in [-0.05, 0) is 30.0 Å². The number of fused-ring (bicyclic) bond motifs is 1. The highest BCUT2D eigenvalue weighted by molar-refractivity contribution is 8.00. The van der Waals surface area contributed by atoms with Crippen molar-refractivity contribution in [1.29, 1.82) is 0 Å². The maximum Gasteiger partial charge on any atom is 0.262 e. The first kappa shape index (κ1) is 20.8. The summed E-state index contributed by atoms with van der Waals surface area (Å²) in [6.45, 7) is 8.65. The molecule has 0 saturated heterocycles. The number of nitrogens with zero attached hydrogens (tertiary/aromatic N) is 3. The van der Waals surface area contributed by atoms with Crippen molar-refractivity contribution in [3.63, 3.8) is 0 Å². The standard InChI is InChI=1S/C19H26ClN3O2S/c1-11(2)10-23-17(24)14-9-13(20)7-8-15(14)21-19(23)26-16(12(3)4)18(25)22(5)6/h7-9,11-12,16H,10H2,1-6H3. The Morgan fingerprint density at radius 2 is 1.92 bits per heavy atom. The van der Waals surface area contributed by atoms with E-state index in [2.05, 4.69) is 0 Å². The Hall–Kier alpha value is -1.53. The lowest BCUT2D eigenvalue weighted by molar-refractivity contribution is -0.128. The summed E-state index contributed by atoms with van der Waals surface area (Å²) >= 11 is 7.42. The van der Waals surface area contributed by atoms with Crippen molar-refractivity contribution in [1.82, 2.24) is 14.5 Å². The van der Waals surface area contributed by atoms with Crippen LogP contribution >= 0.6 is 23.4 Å². The molecule has 7 heteroatoms. The molecule has 1 heterocycles. The highest BCUT2D eigenvalue weighted by Crippen LogP contribution is 2.29. The zero-order chi connectivity index (χ0) is 19.6. The summed E-state index contributed by atoms with van der Waals surface area (Å²) in [5.74, 6) is 0.402. The van der Waals surface area contributed by atoms with Crippen LogP contribution in [0, 0.1) is 11.8 Å². The van der Waals surface area contributed by atoms with Gasteiger partial charge in [-0.1, -0.05) is 51.1 Å². The van der Waals surface area contributed by atoms with E-state index in [9.17, 15) is 9.59 Å². The largest absolute Gasteiger partial charge is 0.348 e. The monoisotopic (exact) mass is 395 g/mol. The van der Waals surface area contributed by atoms with E-state index in [1.807, 2.05) is 27.7 Å². The summed E-state index contributed by atoms with van der Waals surface area (Å²) in [5, 5.41) is 1.28. The van der Waals surface area contributed by atoms with Gasteiger partial charge in [0.1, 0.15) is 0 Å². The third-order valence-electron chi connectivity index (χ3n) is 3.95. The number of halogens is 1. The highest BCUT2D eigenvalue weighted by atomic mass is 35.5. The Labute approximate surface area is 163 Å². The summed E-state index contributed by atoms with van der Waals surface area (Å²) in [7, 11) is 3.49. The first-order chi connectivity index (χ1) is 12.1. The fraction of sp³-hybridized carbons (Fsp3) is 0.526. The number of hydrogen-bond donors (Lipinski definition) is 0. The molecule has 1 amide bonds. The van der Waals surface area contributed by atoms with Crippen LogP contribution in [-0.2, 0) is 11.3 Å². The van der Waals surface area contributed by atoms with Gasteiger partial charge in [-0.25, -0.2) is 4.98 Å². The fourth-order valence-electron chi connectivity index (χ4n) is 2.63. The zero-order valence-corrected chi connectivity index (χ0v) is 17.7. The third-order valence-corrected chi connectivity index (χ3v) is 5.71. The molecule has 0 spiro atoms. The summed E-state index contributed by atoms with van der Waals surface area (Å²) in [5.41, 5.74) is 0.482. The van der Waals surface area contributed by atoms with E-state index in [0.717, 1.165) is 0 Å². The van der Waals surface area contributed by atoms with Crippen LogP contribution in [0.4, 0.5) is 0 Å². The van der Waals surface area contributed by atoms with Crippen LogP contribution in [0.2, 0.25) is 5.02 Å². The molecule has 2 rings (SSSR count). The van der Waals surface area contributed by atoms with Gasteiger partial charge in [0.15, 0.2) is 5.16 Å². The number of amides is 1. The summed E-state index contributed by atoms with van der Waals surface area (Å²) in [6.07, 6.45) is 0. The van der Waals surface area contributed by atoms with Gasteiger partial charge in [0.05, 0.1) is 16.2 Å². The van der Waals surface area contributed by atoms with Gasteiger partial charge >= 0.3 is 0 Å². The quantitative estimate of drug-likeness (QED) is 0.549. The average molecular weight is 396 g/mol. The van der Waals surface area contributed by atoms with Crippen LogP contribution in [0.3, 0.4) is 0 Å². The van der Waals surface area contributed by atoms with E-state index in [0.29, 0.717) is 27.6 Å². The molecule has 1 atom stereocenters. The molecule has 0 N–H and O–H groups in total. The van der Waals surface area contributed by atoms with Crippen LogP contribution in [0.25, 0.3) is 10.9 Å². The Morgan fingerprint density at radius 1 is 1.27 bits per heavy atom. The normalized spacial score (nSPS) is 12.8. The SMILES string of the molecule is CC(C)Cn1c(SC(C(=O)N(C)C)C(C)C)nc2ccc(Cl)cc2c1=O. The first-order valence-electron chi connectivity index (χ1n) is 8.69. The van der Waals surface area contributed by atoms with Gasteiger partial charge in [0.25, 0.3) is 5.56 Å². The minimum atomic E-state index is -0.305. The fourth-order valence-corrected chi connectivity index (χ4v) is 4.05. The number of benzene rings is 1. The maximum atomic E-state index is 13.0. The van der Waals surface area contributed by atoms with Gasteiger partial charge in [0.2, 0.25) is 5.91 Å². The topological polar surface area (TPSA) is 55.2 Å². The second-order valence-corrected chi connectivity index (χ2v) is 8.93. The van der Waals surface area contributed by atoms with Crippen molar-refractivity contribution in [3.8, 4) is 0 Å². The van der Waals surface area contributed by atoms with E-state index < -0.39 is 0 Å².